The Labute approximate surface area is 183 Å². The summed E-state index contributed by atoms with van der Waals surface area (Å²) < 4.78 is 0. The second kappa shape index (κ2) is 9.41. The lowest BCUT2D eigenvalue weighted by Crippen LogP contribution is -2.41. The molecule has 0 unspecified atom stereocenters. The number of thioether (sulfide) groups is 1. The molecular weight excluding hydrogens is 398 g/mol. The van der Waals surface area contributed by atoms with Crippen LogP contribution in [0, 0.1) is 0 Å². The maximum absolute atomic E-state index is 13.1. The number of unbranched alkanes of at least 4 members (excludes halogenated alkanes) is 1. The lowest BCUT2D eigenvalue weighted by atomic mass is 9.86. The fourth-order valence-electron chi connectivity index (χ4n) is 4.14. The first-order chi connectivity index (χ1) is 14.2. The summed E-state index contributed by atoms with van der Waals surface area (Å²) in [6, 6.07) is 7.19. The topological polar surface area (TPSA) is 78.5 Å². The van der Waals surface area contributed by atoms with E-state index in [1.54, 1.807) is 0 Å². The minimum absolute atomic E-state index is 0.00948. The van der Waals surface area contributed by atoms with Gasteiger partial charge in [0.1, 0.15) is 0 Å². The van der Waals surface area contributed by atoms with Gasteiger partial charge in [0.15, 0.2) is 0 Å². The molecule has 0 aromatic heterocycles. The third-order valence-electron chi connectivity index (χ3n) is 5.87. The molecule has 3 rings (SSSR count). The quantitative estimate of drug-likeness (QED) is 0.510. The van der Waals surface area contributed by atoms with E-state index in [1.165, 1.54) is 4.90 Å². The molecule has 2 heterocycles. The van der Waals surface area contributed by atoms with Gasteiger partial charge in [-0.3, -0.25) is 14.5 Å². The Kier molecular flexibility index (Phi) is 7.11. The molecule has 2 fully saturated rings. The number of benzene rings is 1. The molecule has 0 spiro atoms. The molecule has 7 heteroatoms. The number of nitrogens with zero attached hydrogens (tertiary/aromatic N) is 1. The molecule has 2 N–H and O–H groups in total. The van der Waals surface area contributed by atoms with E-state index in [-0.39, 0.29) is 40.6 Å². The Balaban J connectivity index is 1.58. The van der Waals surface area contributed by atoms with Gasteiger partial charge in [-0.1, -0.05) is 39.3 Å². The number of hydrogen-bond donors (Lipinski definition) is 2. The summed E-state index contributed by atoms with van der Waals surface area (Å²) in [7, 11) is 0. The van der Waals surface area contributed by atoms with Gasteiger partial charge in [0.05, 0.1) is 12.1 Å². The number of urea groups is 1. The summed E-state index contributed by atoms with van der Waals surface area (Å²) in [6.07, 6.45) is 3.27. The number of carbonyl (C=O) groups excluding carboxylic acids is 3. The molecule has 2 aliphatic rings. The van der Waals surface area contributed by atoms with E-state index in [4.69, 9.17) is 0 Å². The average Bonchev–Trinajstić information content (AvgIpc) is 3.22. The van der Waals surface area contributed by atoms with Gasteiger partial charge in [-0.25, -0.2) is 4.79 Å². The van der Waals surface area contributed by atoms with Gasteiger partial charge in [0, 0.05) is 29.5 Å². The minimum Gasteiger partial charge on any atom is -0.356 e. The number of fused-ring (bicyclic) bond motifs is 1. The number of hydrogen-bond acceptors (Lipinski definition) is 4. The van der Waals surface area contributed by atoms with Crippen LogP contribution in [0.25, 0.3) is 0 Å². The van der Waals surface area contributed by atoms with E-state index in [0.29, 0.717) is 18.5 Å². The number of imide groups is 1. The number of carbonyl (C=O) groups is 3. The smallest absolute Gasteiger partial charge is 0.325 e. The molecule has 1 aromatic carbocycles. The summed E-state index contributed by atoms with van der Waals surface area (Å²) in [4.78, 5) is 38.7. The summed E-state index contributed by atoms with van der Waals surface area (Å²) in [5.41, 5.74) is 1.73. The number of amides is 4. The molecule has 4 amide bonds. The van der Waals surface area contributed by atoms with Crippen LogP contribution < -0.4 is 10.6 Å². The van der Waals surface area contributed by atoms with Crippen LogP contribution in [0.15, 0.2) is 24.3 Å². The zero-order valence-electron chi connectivity index (χ0n) is 18.4. The lowest BCUT2D eigenvalue weighted by molar-refractivity contribution is -0.121. The van der Waals surface area contributed by atoms with E-state index in [2.05, 4.69) is 31.4 Å². The second-order valence-electron chi connectivity index (χ2n) is 9.12. The predicted octanol–water partition coefficient (Wildman–Crippen LogP) is 3.70. The highest BCUT2D eigenvalue weighted by molar-refractivity contribution is 8.00. The van der Waals surface area contributed by atoms with Crippen molar-refractivity contribution >= 4 is 29.6 Å². The number of nitrogens with one attached hydrogen (secondary N) is 2. The van der Waals surface area contributed by atoms with Crippen LogP contribution in [0.4, 0.5) is 4.79 Å². The Hall–Kier alpha value is -2.02. The third-order valence-corrected chi connectivity index (χ3v) is 7.36. The third kappa shape index (κ3) is 4.99. The molecule has 0 radical (unpaired) electrons. The van der Waals surface area contributed by atoms with Gasteiger partial charge < -0.3 is 10.6 Å². The fraction of sp³-hybridized carbons (Fsp3) is 0.609. The van der Waals surface area contributed by atoms with Crippen molar-refractivity contribution < 1.29 is 14.4 Å². The van der Waals surface area contributed by atoms with E-state index < -0.39 is 0 Å². The summed E-state index contributed by atoms with van der Waals surface area (Å²) >= 11 is 1.82. The normalized spacial score (nSPS) is 23.3. The van der Waals surface area contributed by atoms with Crippen LogP contribution in [0.2, 0.25) is 0 Å². The van der Waals surface area contributed by atoms with Crippen LogP contribution >= 0.6 is 11.8 Å². The number of rotatable bonds is 7. The monoisotopic (exact) mass is 431 g/mol. The van der Waals surface area contributed by atoms with Crippen molar-refractivity contribution in [1.82, 2.24) is 15.5 Å². The van der Waals surface area contributed by atoms with Crippen LogP contribution in [0.1, 0.15) is 69.3 Å². The molecule has 3 atom stereocenters. The summed E-state index contributed by atoms with van der Waals surface area (Å²) in [5, 5.41) is 6.14. The van der Waals surface area contributed by atoms with Crippen LogP contribution in [0.3, 0.4) is 0 Å². The van der Waals surface area contributed by atoms with Gasteiger partial charge in [-0.15, -0.1) is 0 Å². The van der Waals surface area contributed by atoms with Gasteiger partial charge in [0.25, 0.3) is 5.91 Å². The van der Waals surface area contributed by atoms with Crippen molar-refractivity contribution in [3.8, 4) is 0 Å². The largest absolute Gasteiger partial charge is 0.356 e. The highest BCUT2D eigenvalue weighted by Gasteiger charge is 2.50. The van der Waals surface area contributed by atoms with Crippen molar-refractivity contribution in [3.63, 3.8) is 0 Å². The highest BCUT2D eigenvalue weighted by Crippen LogP contribution is 2.37. The van der Waals surface area contributed by atoms with Crippen LogP contribution in [-0.2, 0) is 10.2 Å². The first-order valence-electron chi connectivity index (χ1n) is 10.8. The maximum Gasteiger partial charge on any atom is 0.325 e. The zero-order chi connectivity index (χ0) is 21.9. The first kappa shape index (κ1) is 22.7. The average molecular weight is 432 g/mol. The van der Waals surface area contributed by atoms with Crippen LogP contribution in [-0.4, -0.2) is 52.4 Å². The van der Waals surface area contributed by atoms with Crippen molar-refractivity contribution in [2.45, 2.75) is 76.1 Å². The van der Waals surface area contributed by atoms with E-state index in [1.807, 2.05) is 43.0 Å². The summed E-state index contributed by atoms with van der Waals surface area (Å²) in [6.45, 7) is 8.98. The Morgan fingerprint density at radius 2 is 1.90 bits per heavy atom. The van der Waals surface area contributed by atoms with Crippen molar-refractivity contribution in [2.75, 3.05) is 12.3 Å². The molecule has 2 aliphatic heterocycles. The van der Waals surface area contributed by atoms with Crippen molar-refractivity contribution in [1.29, 1.82) is 0 Å². The molecule has 30 heavy (non-hydrogen) atoms. The Morgan fingerprint density at radius 3 is 2.53 bits per heavy atom. The second-order valence-corrected chi connectivity index (χ2v) is 10.4. The molecule has 0 saturated carbocycles. The predicted molar refractivity (Wildman–Crippen MR) is 121 cm³/mol. The molecule has 0 aliphatic carbocycles. The highest BCUT2D eigenvalue weighted by atomic mass is 32.2. The molecular formula is C23H33N3O3S. The molecule has 2 saturated heterocycles. The Bertz CT molecular complexity index is 788. The zero-order valence-corrected chi connectivity index (χ0v) is 19.2. The maximum atomic E-state index is 13.1. The molecule has 164 valence electrons. The minimum atomic E-state index is -0.289. The standard InChI is InChI=1S/C23H33N3O3S/c1-5-24-19(27)9-7-6-8-18-20-17(14-30-18)26(22(29)25-20)21(28)15-10-12-16(13-11-15)23(2,3)4/h10-13,17-18,20H,5-9,14H2,1-4H3,(H,24,27)(H,25,29)/t17-,18-,20-/m0/s1. The molecule has 6 nitrogen and oxygen atoms in total. The lowest BCUT2D eigenvalue weighted by Gasteiger charge is -2.22. The van der Waals surface area contributed by atoms with E-state index in [9.17, 15) is 14.4 Å². The van der Waals surface area contributed by atoms with Crippen molar-refractivity contribution in [3.05, 3.63) is 35.4 Å². The van der Waals surface area contributed by atoms with Crippen LogP contribution in [0.5, 0.6) is 0 Å². The van der Waals surface area contributed by atoms with Gasteiger partial charge in [-0.2, -0.15) is 11.8 Å². The van der Waals surface area contributed by atoms with Gasteiger partial charge in [0.2, 0.25) is 5.91 Å². The Morgan fingerprint density at radius 1 is 1.20 bits per heavy atom. The SMILES string of the molecule is CCNC(=O)CCCC[C@@H]1SC[C@H]2[C@@H]1NC(=O)N2C(=O)c1ccc(C(C)(C)C)cc1. The van der Waals surface area contributed by atoms with E-state index in [0.717, 1.165) is 30.6 Å². The van der Waals surface area contributed by atoms with Gasteiger partial charge >= 0.3 is 6.03 Å². The van der Waals surface area contributed by atoms with E-state index >= 15 is 0 Å². The summed E-state index contributed by atoms with van der Waals surface area (Å²) in [5.74, 6) is 0.631. The van der Waals surface area contributed by atoms with Gasteiger partial charge in [-0.05, 0) is 42.9 Å². The molecule has 1 aromatic rings. The first-order valence-corrected chi connectivity index (χ1v) is 11.9. The molecule has 0 bridgehead atoms. The van der Waals surface area contributed by atoms with Crippen molar-refractivity contribution in [2.24, 2.45) is 0 Å². The fourth-order valence-corrected chi connectivity index (χ4v) is 5.73.